The van der Waals surface area contributed by atoms with Crippen molar-refractivity contribution < 1.29 is 9.90 Å². The number of aliphatic hydroxyl groups is 1. The molecule has 0 bridgehead atoms. The molecule has 21 heavy (non-hydrogen) atoms. The van der Waals surface area contributed by atoms with E-state index < -0.39 is 0 Å². The summed E-state index contributed by atoms with van der Waals surface area (Å²) in [6, 6.07) is 5.01. The zero-order valence-corrected chi connectivity index (χ0v) is 11.5. The van der Waals surface area contributed by atoms with E-state index in [1.54, 1.807) is 31.3 Å². The number of aromatic nitrogens is 3. The third kappa shape index (κ3) is 4.37. The lowest BCUT2D eigenvalue weighted by Gasteiger charge is -2.04. The Morgan fingerprint density at radius 2 is 2.19 bits per heavy atom. The van der Waals surface area contributed by atoms with Crippen molar-refractivity contribution in [1.29, 1.82) is 0 Å². The smallest absolute Gasteiger partial charge is 0.270 e. The zero-order valence-electron chi connectivity index (χ0n) is 11.5. The fourth-order valence-corrected chi connectivity index (χ4v) is 1.61. The highest BCUT2D eigenvalue weighted by atomic mass is 16.2. The number of hydrogen-bond acceptors (Lipinski definition) is 5. The summed E-state index contributed by atoms with van der Waals surface area (Å²) in [6.45, 7) is 1.90. The van der Waals surface area contributed by atoms with Crippen LogP contribution in [0.5, 0.6) is 0 Å². The molecule has 0 aromatic carbocycles. The van der Waals surface area contributed by atoms with E-state index in [4.69, 9.17) is 5.11 Å². The largest absolute Gasteiger partial charge is 0.384 e. The van der Waals surface area contributed by atoms with Crippen molar-refractivity contribution in [1.82, 2.24) is 20.3 Å². The van der Waals surface area contributed by atoms with Gasteiger partial charge >= 0.3 is 0 Å². The molecular weight excluding hydrogens is 268 g/mol. The lowest BCUT2D eigenvalue weighted by atomic mass is 10.2. The van der Waals surface area contributed by atoms with E-state index in [1.165, 1.54) is 6.20 Å². The molecule has 106 valence electrons. The van der Waals surface area contributed by atoms with Gasteiger partial charge in [-0.2, -0.15) is 0 Å². The molecule has 0 radical (unpaired) electrons. The topological polar surface area (TPSA) is 88.0 Å². The predicted octanol–water partition coefficient (Wildman–Crippen LogP) is 0.454. The summed E-state index contributed by atoms with van der Waals surface area (Å²) in [4.78, 5) is 24.2. The highest BCUT2D eigenvalue weighted by Crippen LogP contribution is 2.00. The van der Waals surface area contributed by atoms with Crippen LogP contribution in [-0.4, -0.2) is 32.6 Å². The van der Waals surface area contributed by atoms with Gasteiger partial charge in [-0.25, -0.2) is 15.0 Å². The molecule has 0 spiro atoms. The standard InChI is InChI=1S/C15H14N4O2/c1-11-16-7-6-13(19-11)10-18-15(21)14-5-4-12(9-17-14)3-2-8-20/h4-7,9,20H,8,10H2,1H3,(H,18,21). The van der Waals surface area contributed by atoms with Gasteiger partial charge in [-0.1, -0.05) is 11.8 Å². The molecule has 0 saturated heterocycles. The minimum atomic E-state index is -0.284. The zero-order chi connectivity index (χ0) is 15.1. The van der Waals surface area contributed by atoms with E-state index in [2.05, 4.69) is 32.1 Å². The highest BCUT2D eigenvalue weighted by molar-refractivity contribution is 5.92. The average molecular weight is 282 g/mol. The lowest BCUT2D eigenvalue weighted by molar-refractivity contribution is 0.0945. The quantitative estimate of drug-likeness (QED) is 0.798. The van der Waals surface area contributed by atoms with E-state index in [0.29, 0.717) is 23.6 Å². The molecular formula is C15H14N4O2. The van der Waals surface area contributed by atoms with Gasteiger partial charge in [-0.3, -0.25) is 4.79 Å². The van der Waals surface area contributed by atoms with Gasteiger partial charge in [0.1, 0.15) is 18.1 Å². The number of nitrogens with zero attached hydrogens (tertiary/aromatic N) is 3. The van der Waals surface area contributed by atoms with E-state index in [9.17, 15) is 4.79 Å². The Morgan fingerprint density at radius 3 is 2.86 bits per heavy atom. The second kappa shape index (κ2) is 7.12. The van der Waals surface area contributed by atoms with Crippen LogP contribution in [0.25, 0.3) is 0 Å². The molecule has 0 unspecified atom stereocenters. The van der Waals surface area contributed by atoms with Gasteiger partial charge in [-0.05, 0) is 25.1 Å². The van der Waals surface area contributed by atoms with Gasteiger partial charge in [0.25, 0.3) is 5.91 Å². The molecule has 0 aliphatic heterocycles. The van der Waals surface area contributed by atoms with Crippen LogP contribution in [0.2, 0.25) is 0 Å². The molecule has 0 fully saturated rings. The predicted molar refractivity (Wildman–Crippen MR) is 76.1 cm³/mol. The van der Waals surface area contributed by atoms with Gasteiger partial charge in [0.2, 0.25) is 0 Å². The van der Waals surface area contributed by atoms with Crippen molar-refractivity contribution in [2.75, 3.05) is 6.61 Å². The van der Waals surface area contributed by atoms with Crippen molar-refractivity contribution in [3.8, 4) is 11.8 Å². The summed E-state index contributed by atoms with van der Waals surface area (Å²) < 4.78 is 0. The van der Waals surface area contributed by atoms with Crippen molar-refractivity contribution in [3.63, 3.8) is 0 Å². The van der Waals surface area contributed by atoms with Gasteiger partial charge < -0.3 is 10.4 Å². The average Bonchev–Trinajstić information content (AvgIpc) is 2.51. The first-order valence-corrected chi connectivity index (χ1v) is 6.31. The SMILES string of the molecule is Cc1nccc(CNC(=O)c2ccc(C#CCO)cn2)n1. The lowest BCUT2D eigenvalue weighted by Crippen LogP contribution is -2.24. The summed E-state index contributed by atoms with van der Waals surface area (Å²) in [5.41, 5.74) is 1.68. The third-order valence-corrected chi connectivity index (χ3v) is 2.57. The molecule has 0 saturated carbocycles. The highest BCUT2D eigenvalue weighted by Gasteiger charge is 2.07. The maximum Gasteiger partial charge on any atom is 0.270 e. The van der Waals surface area contributed by atoms with Gasteiger partial charge in [0.05, 0.1) is 12.2 Å². The molecule has 2 aromatic heterocycles. The van der Waals surface area contributed by atoms with E-state index in [1.807, 2.05) is 0 Å². The molecule has 6 nitrogen and oxygen atoms in total. The van der Waals surface area contributed by atoms with Crippen LogP contribution >= 0.6 is 0 Å². The maximum absolute atomic E-state index is 11.9. The van der Waals surface area contributed by atoms with Gasteiger partial charge in [0.15, 0.2) is 0 Å². The molecule has 0 aliphatic rings. The summed E-state index contributed by atoms with van der Waals surface area (Å²) >= 11 is 0. The third-order valence-electron chi connectivity index (χ3n) is 2.57. The van der Waals surface area contributed by atoms with Crippen LogP contribution in [0, 0.1) is 18.8 Å². The summed E-state index contributed by atoms with van der Waals surface area (Å²) in [6.07, 6.45) is 3.14. The number of aryl methyl sites for hydroxylation is 1. The number of aliphatic hydroxyl groups excluding tert-OH is 1. The van der Waals surface area contributed by atoms with Crippen molar-refractivity contribution >= 4 is 5.91 Å². The Hall–Kier alpha value is -2.78. The van der Waals surface area contributed by atoms with Crippen LogP contribution < -0.4 is 5.32 Å². The summed E-state index contributed by atoms with van der Waals surface area (Å²) in [7, 11) is 0. The van der Waals surface area contributed by atoms with Crippen LogP contribution in [-0.2, 0) is 6.54 Å². The minimum absolute atomic E-state index is 0.208. The number of carbonyl (C=O) groups is 1. The van der Waals surface area contributed by atoms with Crippen LogP contribution in [0.4, 0.5) is 0 Å². The van der Waals surface area contributed by atoms with Crippen molar-refractivity contribution in [3.05, 3.63) is 53.4 Å². The van der Waals surface area contributed by atoms with Crippen LogP contribution in [0.15, 0.2) is 30.6 Å². The Balaban J connectivity index is 1.97. The van der Waals surface area contributed by atoms with Gasteiger partial charge in [0, 0.05) is 18.0 Å². The van der Waals surface area contributed by atoms with Gasteiger partial charge in [-0.15, -0.1) is 0 Å². The van der Waals surface area contributed by atoms with Crippen LogP contribution in [0.1, 0.15) is 27.6 Å². The minimum Gasteiger partial charge on any atom is -0.384 e. The normalized spacial score (nSPS) is 9.62. The second-order valence-electron chi connectivity index (χ2n) is 4.17. The first-order valence-electron chi connectivity index (χ1n) is 6.31. The number of rotatable bonds is 3. The molecule has 2 heterocycles. The molecule has 1 amide bonds. The maximum atomic E-state index is 11.9. The Morgan fingerprint density at radius 1 is 1.33 bits per heavy atom. The molecule has 0 aliphatic carbocycles. The molecule has 6 heteroatoms. The Kier molecular flexibility index (Phi) is 4.96. The van der Waals surface area contributed by atoms with E-state index in [-0.39, 0.29) is 12.5 Å². The summed E-state index contributed by atoms with van der Waals surface area (Å²) in [5.74, 6) is 5.60. The van der Waals surface area contributed by atoms with Crippen LogP contribution in [0.3, 0.4) is 0 Å². The summed E-state index contributed by atoms with van der Waals surface area (Å²) in [5, 5.41) is 11.3. The number of carbonyl (C=O) groups excluding carboxylic acids is 1. The molecule has 2 N–H and O–H groups in total. The van der Waals surface area contributed by atoms with E-state index >= 15 is 0 Å². The monoisotopic (exact) mass is 282 g/mol. The molecule has 0 atom stereocenters. The first-order chi connectivity index (χ1) is 10.2. The Bertz CT molecular complexity index is 687. The van der Waals surface area contributed by atoms with Crippen molar-refractivity contribution in [2.24, 2.45) is 0 Å². The number of nitrogens with one attached hydrogen (secondary N) is 1. The second-order valence-corrected chi connectivity index (χ2v) is 4.17. The fourth-order valence-electron chi connectivity index (χ4n) is 1.61. The molecule has 2 aromatic rings. The molecule has 2 rings (SSSR count). The first kappa shape index (κ1) is 14.6. The fraction of sp³-hybridized carbons (Fsp3) is 0.200. The Labute approximate surface area is 122 Å². The number of amides is 1. The number of hydrogen-bond donors (Lipinski definition) is 2. The van der Waals surface area contributed by atoms with Crippen molar-refractivity contribution in [2.45, 2.75) is 13.5 Å². The van der Waals surface area contributed by atoms with E-state index in [0.717, 1.165) is 5.69 Å². The number of pyridine rings is 1.